The van der Waals surface area contributed by atoms with Crippen molar-refractivity contribution in [1.82, 2.24) is 4.90 Å². The molecule has 2 rings (SSSR count). The van der Waals surface area contributed by atoms with Crippen molar-refractivity contribution in [2.75, 3.05) is 13.1 Å². The maximum atomic E-state index is 12.0. The monoisotopic (exact) mass is 196 g/mol. The number of nitrogens with zero attached hydrogens (tertiary/aromatic N) is 1. The van der Waals surface area contributed by atoms with Gasteiger partial charge in [0, 0.05) is 25.0 Å². The third kappa shape index (κ3) is 1.78. The van der Waals surface area contributed by atoms with Crippen LogP contribution in [0.15, 0.2) is 0 Å². The van der Waals surface area contributed by atoms with Gasteiger partial charge in [-0.2, -0.15) is 0 Å². The molecule has 1 aliphatic heterocycles. The maximum absolute atomic E-state index is 12.0. The van der Waals surface area contributed by atoms with Gasteiger partial charge in [0.05, 0.1) is 0 Å². The standard InChI is InChI=1S/C11H20N2O/c1-11(2)7-9(11)10(14)13-5-3-8(12)4-6-13/h8-9H,3-7,12H2,1-2H3. The Morgan fingerprint density at radius 3 is 2.29 bits per heavy atom. The molecule has 2 aliphatic rings. The van der Waals surface area contributed by atoms with Gasteiger partial charge in [-0.1, -0.05) is 13.8 Å². The van der Waals surface area contributed by atoms with Crippen LogP contribution in [-0.2, 0) is 4.79 Å². The van der Waals surface area contributed by atoms with Gasteiger partial charge in [0.25, 0.3) is 0 Å². The number of carbonyl (C=O) groups excluding carboxylic acids is 1. The third-order valence-corrected chi connectivity index (χ3v) is 3.66. The van der Waals surface area contributed by atoms with E-state index in [1.807, 2.05) is 4.90 Å². The molecule has 2 N–H and O–H groups in total. The molecule has 1 saturated heterocycles. The Labute approximate surface area is 85.6 Å². The molecule has 1 aliphatic carbocycles. The summed E-state index contributed by atoms with van der Waals surface area (Å²) >= 11 is 0. The van der Waals surface area contributed by atoms with E-state index in [9.17, 15) is 4.79 Å². The van der Waals surface area contributed by atoms with Gasteiger partial charge in [0.1, 0.15) is 0 Å². The van der Waals surface area contributed by atoms with Crippen LogP contribution >= 0.6 is 0 Å². The highest BCUT2D eigenvalue weighted by Gasteiger charge is 2.51. The molecule has 0 aromatic carbocycles. The third-order valence-electron chi connectivity index (χ3n) is 3.66. The highest BCUT2D eigenvalue weighted by molar-refractivity contribution is 5.82. The molecule has 14 heavy (non-hydrogen) atoms. The van der Waals surface area contributed by atoms with E-state index in [0.717, 1.165) is 32.4 Å². The molecule has 3 heteroatoms. The van der Waals surface area contributed by atoms with Gasteiger partial charge in [0.2, 0.25) is 5.91 Å². The number of piperidine rings is 1. The van der Waals surface area contributed by atoms with Gasteiger partial charge < -0.3 is 10.6 Å². The summed E-state index contributed by atoms with van der Waals surface area (Å²) < 4.78 is 0. The molecule has 0 aromatic heterocycles. The molecule has 2 fully saturated rings. The average Bonchev–Trinajstić information content (AvgIpc) is 2.75. The molecule has 1 saturated carbocycles. The topological polar surface area (TPSA) is 46.3 Å². The zero-order chi connectivity index (χ0) is 10.3. The van der Waals surface area contributed by atoms with E-state index < -0.39 is 0 Å². The van der Waals surface area contributed by atoms with E-state index in [1.54, 1.807) is 0 Å². The van der Waals surface area contributed by atoms with E-state index in [4.69, 9.17) is 5.73 Å². The zero-order valence-corrected chi connectivity index (χ0v) is 9.12. The number of hydrogen-bond donors (Lipinski definition) is 1. The van der Waals surface area contributed by atoms with Crippen molar-refractivity contribution in [3.63, 3.8) is 0 Å². The van der Waals surface area contributed by atoms with Crippen LogP contribution in [0.1, 0.15) is 33.1 Å². The molecule has 0 radical (unpaired) electrons. The summed E-state index contributed by atoms with van der Waals surface area (Å²) in [7, 11) is 0. The number of hydrogen-bond acceptors (Lipinski definition) is 2. The summed E-state index contributed by atoms with van der Waals surface area (Å²) in [5, 5.41) is 0. The predicted molar refractivity (Wildman–Crippen MR) is 55.7 cm³/mol. The smallest absolute Gasteiger partial charge is 0.226 e. The van der Waals surface area contributed by atoms with Gasteiger partial charge in [-0.15, -0.1) is 0 Å². The average molecular weight is 196 g/mol. The number of nitrogens with two attached hydrogens (primary N) is 1. The Morgan fingerprint density at radius 1 is 1.36 bits per heavy atom. The molecule has 0 spiro atoms. The molecule has 0 bridgehead atoms. The van der Waals surface area contributed by atoms with Crippen LogP contribution in [0.3, 0.4) is 0 Å². The van der Waals surface area contributed by atoms with E-state index in [1.165, 1.54) is 0 Å². The lowest BCUT2D eigenvalue weighted by Gasteiger charge is -2.30. The summed E-state index contributed by atoms with van der Waals surface area (Å²) in [5.74, 6) is 0.652. The Bertz CT molecular complexity index is 242. The van der Waals surface area contributed by atoms with Gasteiger partial charge in [-0.05, 0) is 24.7 Å². The van der Waals surface area contributed by atoms with Crippen molar-refractivity contribution >= 4 is 5.91 Å². The summed E-state index contributed by atoms with van der Waals surface area (Å²) in [4.78, 5) is 14.0. The van der Waals surface area contributed by atoms with Crippen molar-refractivity contribution in [2.45, 2.75) is 39.2 Å². The first kappa shape index (κ1) is 9.97. The van der Waals surface area contributed by atoms with Crippen LogP contribution in [0.4, 0.5) is 0 Å². The number of likely N-dealkylation sites (tertiary alicyclic amines) is 1. The van der Waals surface area contributed by atoms with E-state index >= 15 is 0 Å². The highest BCUT2D eigenvalue weighted by Crippen LogP contribution is 2.52. The molecule has 80 valence electrons. The van der Waals surface area contributed by atoms with Crippen molar-refractivity contribution in [3.05, 3.63) is 0 Å². The minimum absolute atomic E-state index is 0.261. The fourth-order valence-electron chi connectivity index (χ4n) is 2.23. The second-order valence-corrected chi connectivity index (χ2v) is 5.41. The van der Waals surface area contributed by atoms with Crippen LogP contribution in [0.5, 0.6) is 0 Å². The lowest BCUT2D eigenvalue weighted by molar-refractivity contribution is -0.134. The van der Waals surface area contributed by atoms with Gasteiger partial charge in [-0.25, -0.2) is 0 Å². The van der Waals surface area contributed by atoms with Crippen molar-refractivity contribution in [2.24, 2.45) is 17.1 Å². The Hall–Kier alpha value is -0.570. The van der Waals surface area contributed by atoms with Crippen LogP contribution in [0.25, 0.3) is 0 Å². The highest BCUT2D eigenvalue weighted by atomic mass is 16.2. The minimum atomic E-state index is 0.261. The summed E-state index contributed by atoms with van der Waals surface area (Å²) in [6.07, 6.45) is 3.01. The van der Waals surface area contributed by atoms with Gasteiger partial charge >= 0.3 is 0 Å². The summed E-state index contributed by atoms with van der Waals surface area (Å²) in [6, 6.07) is 0.311. The molecule has 1 unspecified atom stereocenters. The van der Waals surface area contributed by atoms with Crippen molar-refractivity contribution < 1.29 is 4.79 Å². The van der Waals surface area contributed by atoms with Crippen LogP contribution in [0, 0.1) is 11.3 Å². The Kier molecular flexibility index (Phi) is 2.30. The SMILES string of the molecule is CC1(C)CC1C(=O)N1CCC(N)CC1. The van der Waals surface area contributed by atoms with Gasteiger partial charge in [-0.3, -0.25) is 4.79 Å². The van der Waals surface area contributed by atoms with E-state index in [2.05, 4.69) is 13.8 Å². The predicted octanol–water partition coefficient (Wildman–Crippen LogP) is 0.982. The maximum Gasteiger partial charge on any atom is 0.226 e. The molecule has 1 amide bonds. The summed E-state index contributed by atoms with van der Waals surface area (Å²) in [6.45, 7) is 6.08. The first-order valence-electron chi connectivity index (χ1n) is 5.55. The van der Waals surface area contributed by atoms with E-state index in [-0.39, 0.29) is 11.3 Å². The zero-order valence-electron chi connectivity index (χ0n) is 9.12. The van der Waals surface area contributed by atoms with Crippen LogP contribution in [-0.4, -0.2) is 29.9 Å². The van der Waals surface area contributed by atoms with Crippen LogP contribution < -0.4 is 5.73 Å². The van der Waals surface area contributed by atoms with Crippen LogP contribution in [0.2, 0.25) is 0 Å². The molecular formula is C11H20N2O. The van der Waals surface area contributed by atoms with Gasteiger partial charge in [0.15, 0.2) is 0 Å². The summed E-state index contributed by atoms with van der Waals surface area (Å²) in [5.41, 5.74) is 6.06. The first-order valence-corrected chi connectivity index (χ1v) is 5.55. The molecule has 1 atom stereocenters. The second kappa shape index (κ2) is 3.23. The van der Waals surface area contributed by atoms with Crippen molar-refractivity contribution in [1.29, 1.82) is 0 Å². The molecule has 0 aromatic rings. The largest absolute Gasteiger partial charge is 0.342 e. The number of rotatable bonds is 1. The second-order valence-electron chi connectivity index (χ2n) is 5.41. The van der Waals surface area contributed by atoms with E-state index in [0.29, 0.717) is 11.9 Å². The Balaban J connectivity index is 1.88. The number of carbonyl (C=O) groups is 1. The lowest BCUT2D eigenvalue weighted by atomic mass is 10.0. The number of amides is 1. The van der Waals surface area contributed by atoms with Crippen molar-refractivity contribution in [3.8, 4) is 0 Å². The molecule has 3 nitrogen and oxygen atoms in total. The molecule has 1 heterocycles. The lowest BCUT2D eigenvalue weighted by Crippen LogP contribution is -2.43. The first-order chi connectivity index (χ1) is 6.50. The molecular weight excluding hydrogens is 176 g/mol. The quantitative estimate of drug-likeness (QED) is 0.679. The minimum Gasteiger partial charge on any atom is -0.342 e. The Morgan fingerprint density at radius 2 is 1.86 bits per heavy atom. The normalized spacial score (nSPS) is 31.6. The fourth-order valence-corrected chi connectivity index (χ4v) is 2.23. The fraction of sp³-hybridized carbons (Fsp3) is 0.909.